The summed E-state index contributed by atoms with van der Waals surface area (Å²) in [6.07, 6.45) is 3.04. The zero-order valence-electron chi connectivity index (χ0n) is 18.5. The molecule has 0 aliphatic carbocycles. The van der Waals surface area contributed by atoms with Gasteiger partial charge < -0.3 is 15.5 Å². The molecule has 0 bridgehead atoms. The molecule has 0 atom stereocenters. The third-order valence-corrected chi connectivity index (χ3v) is 6.64. The van der Waals surface area contributed by atoms with Crippen LogP contribution in [-0.4, -0.2) is 65.1 Å². The van der Waals surface area contributed by atoms with E-state index in [2.05, 4.69) is 35.5 Å². The van der Waals surface area contributed by atoms with Crippen LogP contribution in [0, 0.1) is 5.82 Å². The molecular weight excluding hydrogens is 439 g/mol. The van der Waals surface area contributed by atoms with E-state index in [9.17, 15) is 4.39 Å². The summed E-state index contributed by atoms with van der Waals surface area (Å²) in [7, 11) is 3.90. The zero-order valence-corrected chi connectivity index (χ0v) is 19.4. The van der Waals surface area contributed by atoms with E-state index >= 15 is 0 Å². The third kappa shape index (κ3) is 4.92. The molecule has 33 heavy (non-hydrogen) atoms. The number of aromatic nitrogens is 4. The minimum Gasteiger partial charge on any atom is -0.354 e. The molecule has 5 rings (SSSR count). The van der Waals surface area contributed by atoms with E-state index < -0.39 is 5.82 Å². The number of hydrogen-bond acceptors (Lipinski definition) is 9. The van der Waals surface area contributed by atoms with Crippen molar-refractivity contribution in [1.82, 2.24) is 30.2 Å². The van der Waals surface area contributed by atoms with Gasteiger partial charge in [-0.1, -0.05) is 23.5 Å². The van der Waals surface area contributed by atoms with Gasteiger partial charge in [-0.15, -0.1) is 0 Å². The smallest absolute Gasteiger partial charge is 0.229 e. The summed E-state index contributed by atoms with van der Waals surface area (Å²) in [6.45, 7) is 4.99. The van der Waals surface area contributed by atoms with Gasteiger partial charge in [-0.2, -0.15) is 0 Å². The lowest BCUT2D eigenvalue weighted by Crippen LogP contribution is -2.42. The number of nitrogens with one attached hydrogen (secondary N) is 2. The van der Waals surface area contributed by atoms with Crippen molar-refractivity contribution in [2.75, 3.05) is 50.5 Å². The molecule has 0 unspecified atom stereocenters. The highest BCUT2D eigenvalue weighted by Crippen LogP contribution is 2.32. The number of piperazine rings is 1. The summed E-state index contributed by atoms with van der Waals surface area (Å²) in [5.41, 5.74) is 2.95. The van der Waals surface area contributed by atoms with Gasteiger partial charge in [0.15, 0.2) is 10.9 Å². The van der Waals surface area contributed by atoms with E-state index in [-0.39, 0.29) is 5.69 Å². The predicted octanol–water partition coefficient (Wildman–Crippen LogP) is 3.50. The Labute approximate surface area is 195 Å². The van der Waals surface area contributed by atoms with Gasteiger partial charge in [0.05, 0.1) is 16.4 Å². The fourth-order valence-corrected chi connectivity index (χ4v) is 4.64. The summed E-state index contributed by atoms with van der Waals surface area (Å²) >= 11 is 1.56. The third-order valence-electron chi connectivity index (χ3n) is 5.46. The van der Waals surface area contributed by atoms with E-state index in [1.807, 2.05) is 55.5 Å². The molecule has 1 saturated heterocycles. The number of pyridine rings is 1. The normalized spacial score (nSPS) is 14.5. The molecular formula is C23H25FN8S. The molecule has 4 heterocycles. The molecule has 1 fully saturated rings. The Morgan fingerprint density at radius 1 is 1.09 bits per heavy atom. The number of hydrogen-bond donors (Lipinski definition) is 2. The highest BCUT2D eigenvalue weighted by Gasteiger charge is 2.14. The first kappa shape index (κ1) is 21.6. The number of fused-ring (bicyclic) bond motifs is 1. The first-order valence-electron chi connectivity index (χ1n) is 10.8. The van der Waals surface area contributed by atoms with Crippen molar-refractivity contribution < 1.29 is 4.39 Å². The number of anilines is 3. The van der Waals surface area contributed by atoms with Crippen LogP contribution in [0.5, 0.6) is 0 Å². The fourth-order valence-electron chi connectivity index (χ4n) is 3.71. The molecule has 1 aliphatic rings. The molecule has 1 aliphatic heterocycles. The van der Waals surface area contributed by atoms with Crippen molar-refractivity contribution in [3.8, 4) is 11.3 Å². The van der Waals surface area contributed by atoms with Crippen LogP contribution in [0.2, 0.25) is 0 Å². The number of rotatable bonds is 6. The van der Waals surface area contributed by atoms with Crippen molar-refractivity contribution in [3.05, 3.63) is 54.1 Å². The molecule has 3 aromatic heterocycles. The molecule has 1 aromatic carbocycles. The van der Waals surface area contributed by atoms with Crippen LogP contribution in [-0.2, 0) is 6.54 Å². The van der Waals surface area contributed by atoms with Gasteiger partial charge >= 0.3 is 0 Å². The monoisotopic (exact) mass is 464 g/mol. The molecule has 0 spiro atoms. The fraction of sp³-hybridized carbons (Fsp3) is 0.304. The van der Waals surface area contributed by atoms with E-state index in [1.54, 1.807) is 11.3 Å². The van der Waals surface area contributed by atoms with Crippen LogP contribution in [0.1, 0.15) is 5.56 Å². The van der Waals surface area contributed by atoms with Gasteiger partial charge in [0.2, 0.25) is 5.95 Å². The largest absolute Gasteiger partial charge is 0.354 e. The second-order valence-corrected chi connectivity index (χ2v) is 9.18. The van der Waals surface area contributed by atoms with Crippen LogP contribution < -0.4 is 15.5 Å². The van der Waals surface area contributed by atoms with Crippen LogP contribution >= 0.6 is 11.3 Å². The number of halogens is 1. The summed E-state index contributed by atoms with van der Waals surface area (Å²) in [5, 5.41) is 7.35. The Kier molecular flexibility index (Phi) is 6.12. The van der Waals surface area contributed by atoms with Gasteiger partial charge in [-0.3, -0.25) is 4.90 Å². The van der Waals surface area contributed by atoms with Gasteiger partial charge in [-0.05, 0) is 23.8 Å². The number of benzene rings is 1. The number of thiazole rings is 1. The maximum atomic E-state index is 14.6. The Morgan fingerprint density at radius 3 is 2.70 bits per heavy atom. The van der Waals surface area contributed by atoms with Crippen molar-refractivity contribution in [2.24, 2.45) is 0 Å². The average molecular weight is 465 g/mol. The van der Waals surface area contributed by atoms with Crippen LogP contribution in [0.3, 0.4) is 0 Å². The molecule has 4 aromatic rings. The summed E-state index contributed by atoms with van der Waals surface area (Å²) in [6, 6.07) is 9.58. The van der Waals surface area contributed by atoms with Gasteiger partial charge in [0, 0.05) is 58.6 Å². The van der Waals surface area contributed by atoms with E-state index in [0.717, 1.165) is 53.6 Å². The summed E-state index contributed by atoms with van der Waals surface area (Å²) < 4.78 is 15.6. The molecule has 10 heteroatoms. The second-order valence-electron chi connectivity index (χ2n) is 8.17. The Morgan fingerprint density at radius 2 is 1.94 bits per heavy atom. The van der Waals surface area contributed by atoms with Crippen molar-refractivity contribution in [3.63, 3.8) is 0 Å². The quantitative estimate of drug-likeness (QED) is 0.449. The van der Waals surface area contributed by atoms with Gasteiger partial charge in [-0.25, -0.2) is 24.3 Å². The SMILES string of the molecule is CN(C)c1nc2ccc(-c3nc(Nc4ccc(CN5CCNCC5)cn4)ncc3F)cc2s1. The van der Waals surface area contributed by atoms with Crippen LogP contribution in [0.4, 0.5) is 21.3 Å². The van der Waals surface area contributed by atoms with E-state index in [1.165, 1.54) is 6.20 Å². The molecule has 0 amide bonds. The first-order valence-corrected chi connectivity index (χ1v) is 11.6. The Hall–Kier alpha value is -3.21. The average Bonchev–Trinajstić information content (AvgIpc) is 3.26. The summed E-state index contributed by atoms with van der Waals surface area (Å²) in [4.78, 5) is 21.9. The first-order chi connectivity index (χ1) is 16.0. The molecule has 0 radical (unpaired) electrons. The minimum atomic E-state index is -0.475. The Bertz CT molecular complexity index is 1250. The molecule has 2 N–H and O–H groups in total. The zero-order chi connectivity index (χ0) is 22.8. The minimum absolute atomic E-state index is 0.240. The van der Waals surface area contributed by atoms with Crippen molar-refractivity contribution in [2.45, 2.75) is 6.54 Å². The Balaban J connectivity index is 1.34. The summed E-state index contributed by atoms with van der Waals surface area (Å²) in [5.74, 6) is 0.439. The van der Waals surface area contributed by atoms with Gasteiger partial charge in [0.25, 0.3) is 0 Å². The molecule has 8 nitrogen and oxygen atoms in total. The lowest BCUT2D eigenvalue weighted by atomic mass is 10.1. The van der Waals surface area contributed by atoms with Gasteiger partial charge in [0.1, 0.15) is 11.5 Å². The second kappa shape index (κ2) is 9.34. The van der Waals surface area contributed by atoms with Crippen LogP contribution in [0.25, 0.3) is 21.5 Å². The maximum Gasteiger partial charge on any atom is 0.229 e. The van der Waals surface area contributed by atoms with Crippen molar-refractivity contribution >= 4 is 38.5 Å². The highest BCUT2D eigenvalue weighted by molar-refractivity contribution is 7.22. The highest BCUT2D eigenvalue weighted by atomic mass is 32.1. The van der Waals surface area contributed by atoms with E-state index in [4.69, 9.17) is 0 Å². The standard InChI is InChI=1S/C23H25FN8S/c1-31(2)23-28-18-5-4-16(11-19(18)33-23)21-17(24)13-27-22(30-21)29-20-6-3-15(12-26-20)14-32-9-7-25-8-10-32/h3-6,11-13,25H,7-10,14H2,1-2H3,(H,26,27,29,30). The van der Waals surface area contributed by atoms with Crippen LogP contribution in [0.15, 0.2) is 42.7 Å². The number of nitrogens with zero attached hydrogens (tertiary/aromatic N) is 6. The lowest BCUT2D eigenvalue weighted by Gasteiger charge is -2.27. The van der Waals surface area contributed by atoms with Crippen molar-refractivity contribution in [1.29, 1.82) is 0 Å². The topological polar surface area (TPSA) is 82.1 Å². The molecule has 170 valence electrons. The predicted molar refractivity (Wildman–Crippen MR) is 131 cm³/mol. The van der Waals surface area contributed by atoms with E-state index in [0.29, 0.717) is 17.3 Å². The maximum absolute atomic E-state index is 14.6. The lowest BCUT2D eigenvalue weighted by molar-refractivity contribution is 0.233. The molecule has 0 saturated carbocycles.